The molecule has 2 heterocycles. The minimum Gasteiger partial charge on any atom is -0.496 e. The van der Waals surface area contributed by atoms with Crippen LogP contribution in [-0.4, -0.2) is 50.6 Å². The number of carbonyl (C=O) groups is 1. The van der Waals surface area contributed by atoms with Gasteiger partial charge in [0.25, 0.3) is 5.91 Å². The summed E-state index contributed by atoms with van der Waals surface area (Å²) in [4.78, 5) is 17.9. The number of rotatable bonds is 6. The first kappa shape index (κ1) is 20.4. The molecule has 2 fully saturated rings. The van der Waals surface area contributed by atoms with Gasteiger partial charge in [-0.25, -0.2) is 0 Å². The molecule has 2 aliphatic rings. The Morgan fingerprint density at radius 1 is 0.938 bits per heavy atom. The summed E-state index contributed by atoms with van der Waals surface area (Å²) in [7, 11) is 1.62. The van der Waals surface area contributed by atoms with Gasteiger partial charge in [0.2, 0.25) is 0 Å². The molecule has 1 unspecified atom stereocenters. The van der Waals surface area contributed by atoms with Crippen molar-refractivity contribution in [3.63, 3.8) is 0 Å². The van der Waals surface area contributed by atoms with Crippen molar-refractivity contribution in [2.24, 2.45) is 11.3 Å². The van der Waals surface area contributed by atoms with Crippen molar-refractivity contribution < 1.29 is 9.53 Å². The topological polar surface area (TPSA) is 44.8 Å². The van der Waals surface area contributed by atoms with Crippen molar-refractivity contribution in [3.05, 3.63) is 90.5 Å². The second kappa shape index (κ2) is 8.58. The number of ether oxygens (including phenoxy) is 1. The van der Waals surface area contributed by atoms with Crippen molar-refractivity contribution >= 4 is 17.3 Å². The summed E-state index contributed by atoms with van der Waals surface area (Å²) in [5.41, 5.74) is 3.11. The largest absolute Gasteiger partial charge is 0.496 e. The van der Waals surface area contributed by atoms with Gasteiger partial charge in [-0.3, -0.25) is 4.79 Å². The molecule has 0 radical (unpaired) electrons. The first-order valence-electron chi connectivity index (χ1n) is 11.2. The number of nitrogens with one attached hydrogen (secondary N) is 1. The highest BCUT2D eigenvalue weighted by Crippen LogP contribution is 2.46. The molecule has 3 aromatic carbocycles. The number of benzene rings is 3. The van der Waals surface area contributed by atoms with E-state index in [4.69, 9.17) is 4.74 Å². The van der Waals surface area contributed by atoms with Gasteiger partial charge in [-0.05, 0) is 36.4 Å². The fourth-order valence-electron chi connectivity index (χ4n) is 5.15. The average molecular weight is 428 g/mol. The Hall–Kier alpha value is -3.47. The van der Waals surface area contributed by atoms with Crippen LogP contribution in [0.4, 0.5) is 11.4 Å². The number of carbonyl (C=O) groups excluding carboxylic acids is 1. The molecule has 1 spiro atoms. The smallest absolute Gasteiger partial charge is 0.257 e. The number of para-hydroxylation sites is 3. The predicted octanol–water partition coefficient (Wildman–Crippen LogP) is 4.39. The van der Waals surface area contributed by atoms with Crippen LogP contribution < -0.4 is 15.0 Å². The third kappa shape index (κ3) is 3.79. The summed E-state index contributed by atoms with van der Waals surface area (Å²) in [5.74, 6) is 1.07. The Bertz CT molecular complexity index is 1060. The van der Waals surface area contributed by atoms with Crippen molar-refractivity contribution in [2.75, 3.05) is 50.1 Å². The maximum absolute atomic E-state index is 13.4. The number of methoxy groups -OCH3 is 1. The van der Waals surface area contributed by atoms with Crippen LogP contribution in [0.3, 0.4) is 0 Å². The predicted molar refractivity (Wildman–Crippen MR) is 128 cm³/mol. The Morgan fingerprint density at radius 2 is 1.59 bits per heavy atom. The lowest BCUT2D eigenvalue weighted by Crippen LogP contribution is -2.61. The molecule has 1 amide bonds. The lowest BCUT2D eigenvalue weighted by Gasteiger charge is -2.52. The van der Waals surface area contributed by atoms with E-state index >= 15 is 0 Å². The van der Waals surface area contributed by atoms with Crippen molar-refractivity contribution in [3.8, 4) is 5.75 Å². The minimum absolute atomic E-state index is 0.0576. The van der Waals surface area contributed by atoms with Gasteiger partial charge in [0.05, 0.1) is 12.7 Å². The number of hydrogen-bond acceptors (Lipinski definition) is 4. The fraction of sp³-hybridized carbons (Fsp3) is 0.296. The first-order chi connectivity index (χ1) is 15.7. The van der Waals surface area contributed by atoms with Crippen LogP contribution in [0.25, 0.3) is 0 Å². The summed E-state index contributed by atoms with van der Waals surface area (Å²) in [6.07, 6.45) is 0. The van der Waals surface area contributed by atoms with E-state index in [0.717, 1.165) is 38.4 Å². The van der Waals surface area contributed by atoms with Crippen LogP contribution in [0, 0.1) is 11.3 Å². The monoisotopic (exact) mass is 427 g/mol. The van der Waals surface area contributed by atoms with Crippen molar-refractivity contribution in [1.29, 1.82) is 0 Å². The summed E-state index contributed by atoms with van der Waals surface area (Å²) in [5, 5.41) is 3.61. The van der Waals surface area contributed by atoms with E-state index in [2.05, 4.69) is 52.7 Å². The van der Waals surface area contributed by atoms with Crippen LogP contribution in [-0.2, 0) is 0 Å². The Kier molecular flexibility index (Phi) is 5.48. The Balaban J connectivity index is 1.35. The standard InChI is InChI=1S/C27H29N3O2/c1-32-25-15-9-8-14-24(25)26(31)29-17-21(16-28-22-10-4-2-5-11-22)27(18-29)19-30(20-27)23-12-6-3-7-13-23/h2-15,21,28H,16-20H2,1H3. The normalized spacial score (nSPS) is 19.0. The molecule has 164 valence electrons. The molecule has 1 N–H and O–H groups in total. The zero-order chi connectivity index (χ0) is 22.0. The molecule has 2 saturated heterocycles. The number of likely N-dealkylation sites (tertiary alicyclic amines) is 1. The molecule has 5 heteroatoms. The lowest BCUT2D eigenvalue weighted by atomic mass is 9.71. The highest BCUT2D eigenvalue weighted by atomic mass is 16.5. The summed E-state index contributed by atoms with van der Waals surface area (Å²) in [6, 6.07) is 28.4. The van der Waals surface area contributed by atoms with Gasteiger partial charge in [-0.1, -0.05) is 48.5 Å². The van der Waals surface area contributed by atoms with Crippen LogP contribution in [0.2, 0.25) is 0 Å². The van der Waals surface area contributed by atoms with Crippen molar-refractivity contribution in [1.82, 2.24) is 4.90 Å². The average Bonchev–Trinajstić information content (AvgIpc) is 3.22. The molecule has 3 aromatic rings. The molecular weight excluding hydrogens is 398 g/mol. The summed E-state index contributed by atoms with van der Waals surface area (Å²) < 4.78 is 5.46. The number of amides is 1. The van der Waals surface area contributed by atoms with Gasteiger partial charge in [0, 0.05) is 55.4 Å². The highest BCUT2D eigenvalue weighted by molar-refractivity contribution is 5.97. The number of anilines is 2. The molecule has 5 nitrogen and oxygen atoms in total. The quantitative estimate of drug-likeness (QED) is 0.634. The van der Waals surface area contributed by atoms with Crippen LogP contribution >= 0.6 is 0 Å². The molecule has 2 aliphatic heterocycles. The van der Waals surface area contributed by atoms with Gasteiger partial charge in [0.1, 0.15) is 5.75 Å². The molecule has 0 aromatic heterocycles. The van der Waals surface area contributed by atoms with E-state index in [-0.39, 0.29) is 11.3 Å². The number of nitrogens with zero attached hydrogens (tertiary/aromatic N) is 2. The Morgan fingerprint density at radius 3 is 2.31 bits per heavy atom. The molecule has 0 bridgehead atoms. The van der Waals surface area contributed by atoms with Crippen molar-refractivity contribution in [2.45, 2.75) is 0 Å². The van der Waals surface area contributed by atoms with Gasteiger partial charge in [0.15, 0.2) is 0 Å². The number of hydrogen-bond donors (Lipinski definition) is 1. The first-order valence-corrected chi connectivity index (χ1v) is 11.2. The lowest BCUT2D eigenvalue weighted by molar-refractivity contribution is 0.0759. The zero-order valence-electron chi connectivity index (χ0n) is 18.4. The second-order valence-electron chi connectivity index (χ2n) is 8.88. The van der Waals surface area contributed by atoms with Crippen LogP contribution in [0.1, 0.15) is 10.4 Å². The molecular formula is C27H29N3O2. The summed E-state index contributed by atoms with van der Waals surface area (Å²) in [6.45, 7) is 4.30. The minimum atomic E-state index is 0.0576. The van der Waals surface area contributed by atoms with Crippen LogP contribution in [0.5, 0.6) is 5.75 Å². The van der Waals surface area contributed by atoms with Gasteiger partial charge >= 0.3 is 0 Å². The fourth-order valence-corrected chi connectivity index (χ4v) is 5.15. The SMILES string of the molecule is COc1ccccc1C(=O)N1CC(CNc2ccccc2)C2(C1)CN(c1ccccc1)C2. The third-order valence-corrected chi connectivity index (χ3v) is 6.90. The second-order valence-corrected chi connectivity index (χ2v) is 8.88. The van der Waals surface area contributed by atoms with E-state index in [1.807, 2.05) is 47.4 Å². The molecule has 32 heavy (non-hydrogen) atoms. The molecule has 1 atom stereocenters. The van der Waals surface area contributed by atoms with Gasteiger partial charge < -0.3 is 19.9 Å². The summed E-state index contributed by atoms with van der Waals surface area (Å²) >= 11 is 0. The zero-order valence-corrected chi connectivity index (χ0v) is 18.4. The van der Waals surface area contributed by atoms with Gasteiger partial charge in [-0.15, -0.1) is 0 Å². The molecule has 5 rings (SSSR count). The van der Waals surface area contributed by atoms with E-state index in [1.54, 1.807) is 7.11 Å². The van der Waals surface area contributed by atoms with E-state index < -0.39 is 0 Å². The van der Waals surface area contributed by atoms with E-state index in [0.29, 0.717) is 17.2 Å². The Labute approximate surface area is 189 Å². The molecule has 0 saturated carbocycles. The molecule has 0 aliphatic carbocycles. The third-order valence-electron chi connectivity index (χ3n) is 6.90. The van der Waals surface area contributed by atoms with Crippen LogP contribution in [0.15, 0.2) is 84.9 Å². The maximum atomic E-state index is 13.4. The van der Waals surface area contributed by atoms with Gasteiger partial charge in [-0.2, -0.15) is 0 Å². The van der Waals surface area contributed by atoms with E-state index in [1.165, 1.54) is 5.69 Å². The highest BCUT2D eigenvalue weighted by Gasteiger charge is 2.55. The van der Waals surface area contributed by atoms with E-state index in [9.17, 15) is 4.79 Å². The maximum Gasteiger partial charge on any atom is 0.257 e.